The van der Waals surface area contributed by atoms with E-state index in [1.165, 1.54) is 38.2 Å². The Balaban J connectivity index is 1.88. The predicted octanol–water partition coefficient (Wildman–Crippen LogP) is 3.92. The van der Waals surface area contributed by atoms with Gasteiger partial charge in [0.1, 0.15) is 23.6 Å². The van der Waals surface area contributed by atoms with Crippen molar-refractivity contribution < 1.29 is 24.1 Å². The number of hydrogen-bond donors (Lipinski definition) is 1. The van der Waals surface area contributed by atoms with Gasteiger partial charge >= 0.3 is 5.97 Å². The third-order valence-electron chi connectivity index (χ3n) is 4.73. The number of ether oxygens (including phenoxy) is 3. The first-order chi connectivity index (χ1) is 12.7. The Bertz CT molecular complexity index is 755. The van der Waals surface area contributed by atoms with Crippen LogP contribution in [0.25, 0.3) is 10.9 Å². The lowest BCUT2D eigenvalue weighted by Gasteiger charge is -2.22. The Kier molecular flexibility index (Phi) is 6.28. The van der Waals surface area contributed by atoms with E-state index >= 15 is 0 Å². The number of aromatic nitrogens is 1. The predicted molar refractivity (Wildman–Crippen MR) is 98.1 cm³/mol. The molecule has 6 heteroatoms. The summed E-state index contributed by atoms with van der Waals surface area (Å²) in [5.41, 5.74) is 0.467. The minimum atomic E-state index is -1.09. The fourth-order valence-corrected chi connectivity index (χ4v) is 3.33. The Morgan fingerprint density at radius 3 is 2.69 bits per heavy atom. The van der Waals surface area contributed by atoms with Crippen LogP contribution in [0.2, 0.25) is 0 Å². The zero-order chi connectivity index (χ0) is 18.4. The zero-order valence-electron chi connectivity index (χ0n) is 15.1. The SMILES string of the molecule is COCCOc1cc(C(=O)O)nc2c(OCC3CCCCC3)cccc12. The number of para-hydroxylation sites is 1. The standard InChI is InChI=1S/C20H25NO5/c1-24-10-11-25-18-12-16(20(22)23)21-19-15(18)8-5-9-17(19)26-13-14-6-3-2-4-7-14/h5,8-9,12,14H,2-4,6-7,10-11,13H2,1H3,(H,22,23). The molecule has 0 unspecified atom stereocenters. The molecule has 0 aliphatic heterocycles. The van der Waals surface area contributed by atoms with Gasteiger partial charge in [-0.3, -0.25) is 0 Å². The van der Waals surface area contributed by atoms with Gasteiger partial charge in [0.2, 0.25) is 0 Å². The number of benzene rings is 1. The Labute approximate surface area is 153 Å². The van der Waals surface area contributed by atoms with Gasteiger partial charge in [0.05, 0.1) is 13.2 Å². The van der Waals surface area contributed by atoms with Crippen molar-refractivity contribution in [2.45, 2.75) is 32.1 Å². The number of fused-ring (bicyclic) bond motifs is 1. The van der Waals surface area contributed by atoms with Crippen molar-refractivity contribution in [2.24, 2.45) is 5.92 Å². The van der Waals surface area contributed by atoms with Gasteiger partial charge in [-0.05, 0) is 30.9 Å². The Morgan fingerprint density at radius 2 is 1.96 bits per heavy atom. The smallest absolute Gasteiger partial charge is 0.354 e. The molecule has 0 bridgehead atoms. The molecule has 1 saturated carbocycles. The van der Waals surface area contributed by atoms with Gasteiger partial charge in [0, 0.05) is 18.6 Å². The van der Waals surface area contributed by atoms with E-state index in [-0.39, 0.29) is 5.69 Å². The summed E-state index contributed by atoms with van der Waals surface area (Å²) in [5.74, 6) is 0.546. The lowest BCUT2D eigenvalue weighted by Crippen LogP contribution is -2.15. The van der Waals surface area contributed by atoms with E-state index in [2.05, 4.69) is 4.98 Å². The number of carboxylic acids is 1. The minimum Gasteiger partial charge on any atom is -0.491 e. The van der Waals surface area contributed by atoms with E-state index in [1.807, 2.05) is 18.2 Å². The molecule has 140 valence electrons. The molecule has 1 fully saturated rings. The van der Waals surface area contributed by atoms with Crippen LogP contribution in [0, 0.1) is 5.92 Å². The summed E-state index contributed by atoms with van der Waals surface area (Å²) >= 11 is 0. The van der Waals surface area contributed by atoms with Gasteiger partial charge in [0.25, 0.3) is 0 Å². The zero-order valence-corrected chi connectivity index (χ0v) is 15.1. The fourth-order valence-electron chi connectivity index (χ4n) is 3.33. The van der Waals surface area contributed by atoms with Crippen LogP contribution in [-0.2, 0) is 4.74 Å². The van der Waals surface area contributed by atoms with Crippen molar-refractivity contribution in [1.29, 1.82) is 0 Å². The first-order valence-electron chi connectivity index (χ1n) is 9.10. The molecule has 1 heterocycles. The van der Waals surface area contributed by atoms with E-state index < -0.39 is 5.97 Å². The molecule has 1 aromatic carbocycles. The average Bonchev–Trinajstić information content (AvgIpc) is 2.67. The third-order valence-corrected chi connectivity index (χ3v) is 4.73. The van der Waals surface area contributed by atoms with Crippen LogP contribution >= 0.6 is 0 Å². The maximum atomic E-state index is 11.5. The number of carboxylic acid groups (broad SMARTS) is 1. The molecule has 0 amide bonds. The maximum absolute atomic E-state index is 11.5. The summed E-state index contributed by atoms with van der Waals surface area (Å²) in [4.78, 5) is 15.8. The molecule has 0 spiro atoms. The van der Waals surface area contributed by atoms with Crippen molar-refractivity contribution in [3.8, 4) is 11.5 Å². The number of aromatic carboxylic acids is 1. The summed E-state index contributed by atoms with van der Waals surface area (Å²) in [6.45, 7) is 1.39. The second kappa shape index (κ2) is 8.85. The van der Waals surface area contributed by atoms with E-state index in [0.717, 1.165) is 5.39 Å². The summed E-state index contributed by atoms with van der Waals surface area (Å²) in [6, 6.07) is 7.03. The second-order valence-corrected chi connectivity index (χ2v) is 6.62. The van der Waals surface area contributed by atoms with Crippen LogP contribution in [0.3, 0.4) is 0 Å². The normalized spacial score (nSPS) is 15.1. The fraction of sp³-hybridized carbons (Fsp3) is 0.500. The summed E-state index contributed by atoms with van der Waals surface area (Å²) in [6.07, 6.45) is 6.18. The third kappa shape index (κ3) is 4.43. The number of hydrogen-bond acceptors (Lipinski definition) is 5. The highest BCUT2D eigenvalue weighted by atomic mass is 16.5. The molecule has 1 aliphatic carbocycles. The van der Waals surface area contributed by atoms with Crippen LogP contribution in [-0.4, -0.2) is 43.0 Å². The summed E-state index contributed by atoms with van der Waals surface area (Å²) in [5, 5.41) is 10.1. The lowest BCUT2D eigenvalue weighted by atomic mass is 9.90. The largest absolute Gasteiger partial charge is 0.491 e. The van der Waals surface area contributed by atoms with E-state index in [0.29, 0.717) is 42.8 Å². The summed E-state index contributed by atoms with van der Waals surface area (Å²) < 4.78 is 16.8. The molecule has 3 rings (SSSR count). The molecular formula is C20H25NO5. The van der Waals surface area contributed by atoms with E-state index in [4.69, 9.17) is 14.2 Å². The molecule has 1 aromatic heterocycles. The molecular weight excluding hydrogens is 334 g/mol. The molecule has 2 aromatic rings. The molecule has 0 atom stereocenters. The van der Waals surface area contributed by atoms with Crippen molar-refractivity contribution in [3.05, 3.63) is 30.0 Å². The number of rotatable bonds is 8. The average molecular weight is 359 g/mol. The van der Waals surface area contributed by atoms with Crippen LogP contribution in [0.15, 0.2) is 24.3 Å². The Hall–Kier alpha value is -2.34. The highest BCUT2D eigenvalue weighted by Crippen LogP contribution is 2.33. The first-order valence-corrected chi connectivity index (χ1v) is 9.10. The maximum Gasteiger partial charge on any atom is 0.354 e. The number of carbonyl (C=O) groups is 1. The van der Waals surface area contributed by atoms with E-state index in [1.54, 1.807) is 7.11 Å². The van der Waals surface area contributed by atoms with Crippen molar-refractivity contribution in [1.82, 2.24) is 4.98 Å². The van der Waals surface area contributed by atoms with Gasteiger partial charge in [-0.15, -0.1) is 0 Å². The van der Waals surface area contributed by atoms with Crippen LogP contribution in [0.5, 0.6) is 11.5 Å². The molecule has 1 N–H and O–H groups in total. The minimum absolute atomic E-state index is 0.0568. The van der Waals surface area contributed by atoms with Crippen molar-refractivity contribution >= 4 is 16.9 Å². The van der Waals surface area contributed by atoms with Crippen LogP contribution in [0.1, 0.15) is 42.6 Å². The van der Waals surface area contributed by atoms with Crippen molar-refractivity contribution in [2.75, 3.05) is 26.9 Å². The molecule has 0 radical (unpaired) electrons. The number of pyridine rings is 1. The van der Waals surface area contributed by atoms with Gasteiger partial charge in [-0.25, -0.2) is 9.78 Å². The molecule has 6 nitrogen and oxygen atoms in total. The van der Waals surface area contributed by atoms with Gasteiger partial charge in [0.15, 0.2) is 5.69 Å². The van der Waals surface area contributed by atoms with E-state index in [9.17, 15) is 9.90 Å². The highest BCUT2D eigenvalue weighted by molar-refractivity contribution is 5.95. The van der Waals surface area contributed by atoms with Crippen LogP contribution < -0.4 is 9.47 Å². The lowest BCUT2D eigenvalue weighted by molar-refractivity contribution is 0.0690. The van der Waals surface area contributed by atoms with Crippen LogP contribution in [0.4, 0.5) is 0 Å². The van der Waals surface area contributed by atoms with Gasteiger partial charge < -0.3 is 19.3 Å². The monoisotopic (exact) mass is 359 g/mol. The second-order valence-electron chi connectivity index (χ2n) is 6.62. The summed E-state index contributed by atoms with van der Waals surface area (Å²) in [7, 11) is 1.59. The molecule has 1 aliphatic rings. The topological polar surface area (TPSA) is 77.9 Å². The first kappa shape index (κ1) is 18.5. The molecule has 0 saturated heterocycles. The molecule has 26 heavy (non-hydrogen) atoms. The highest BCUT2D eigenvalue weighted by Gasteiger charge is 2.17. The number of nitrogens with zero attached hydrogens (tertiary/aromatic N) is 1. The van der Waals surface area contributed by atoms with Gasteiger partial charge in [-0.1, -0.05) is 25.3 Å². The number of methoxy groups -OCH3 is 1. The van der Waals surface area contributed by atoms with Crippen molar-refractivity contribution in [3.63, 3.8) is 0 Å². The Morgan fingerprint density at radius 1 is 1.15 bits per heavy atom. The quantitative estimate of drug-likeness (QED) is 0.720. The van der Waals surface area contributed by atoms with Gasteiger partial charge in [-0.2, -0.15) is 0 Å².